The molecule has 5 rings (SSSR count). The summed E-state index contributed by atoms with van der Waals surface area (Å²) in [5.41, 5.74) is 0.690. The fraction of sp³-hybridized carbons (Fsp3) is 0.231. The van der Waals surface area contributed by atoms with Crippen LogP contribution in [0, 0.1) is 0 Å². The predicted octanol–water partition coefficient (Wildman–Crippen LogP) is 3.37. The van der Waals surface area contributed by atoms with Crippen molar-refractivity contribution in [3.63, 3.8) is 0 Å². The van der Waals surface area contributed by atoms with E-state index in [0.29, 0.717) is 24.2 Å². The summed E-state index contributed by atoms with van der Waals surface area (Å²) >= 11 is 0. The molecule has 172 valence electrons. The first-order valence-corrected chi connectivity index (χ1v) is 11.2. The first-order chi connectivity index (χ1) is 16.3. The normalized spacial score (nSPS) is 20.2. The van der Waals surface area contributed by atoms with Gasteiger partial charge < -0.3 is 15.5 Å². The van der Waals surface area contributed by atoms with Crippen LogP contribution >= 0.6 is 0 Å². The van der Waals surface area contributed by atoms with Gasteiger partial charge in [-0.3, -0.25) is 19.3 Å². The average molecular weight is 457 g/mol. The summed E-state index contributed by atoms with van der Waals surface area (Å²) in [5.74, 6) is -0.883. The maximum Gasteiger partial charge on any atom is 0.325 e. The number of imide groups is 1. The molecule has 0 aromatic heterocycles. The lowest BCUT2D eigenvalue weighted by atomic mass is 9.90. The van der Waals surface area contributed by atoms with E-state index in [1.165, 1.54) is 0 Å². The molecule has 1 atom stereocenters. The number of benzene rings is 3. The van der Waals surface area contributed by atoms with Crippen molar-refractivity contribution in [2.45, 2.75) is 25.3 Å². The zero-order chi connectivity index (χ0) is 23.9. The molecule has 2 aliphatic heterocycles. The number of hydrogen-bond acceptors (Lipinski definition) is 4. The summed E-state index contributed by atoms with van der Waals surface area (Å²) in [6, 6.07) is 19.7. The van der Waals surface area contributed by atoms with Crippen molar-refractivity contribution in [3.05, 3.63) is 72.3 Å². The highest BCUT2D eigenvalue weighted by Crippen LogP contribution is 2.31. The van der Waals surface area contributed by atoms with E-state index in [0.717, 1.165) is 27.8 Å². The molecule has 0 bridgehead atoms. The second-order valence-electron chi connectivity index (χ2n) is 8.75. The molecule has 0 spiro atoms. The number of rotatable bonds is 5. The molecule has 8 heteroatoms. The van der Waals surface area contributed by atoms with E-state index >= 15 is 0 Å². The van der Waals surface area contributed by atoms with Crippen LogP contribution in [0.5, 0.6) is 0 Å². The van der Waals surface area contributed by atoms with Crippen molar-refractivity contribution in [2.75, 3.05) is 23.3 Å². The topological polar surface area (TPSA) is 98.8 Å². The molecule has 1 unspecified atom stereocenters. The molecule has 2 fully saturated rings. The lowest BCUT2D eigenvalue weighted by molar-refractivity contribution is -0.133. The van der Waals surface area contributed by atoms with E-state index in [1.807, 2.05) is 42.5 Å². The van der Waals surface area contributed by atoms with Crippen molar-refractivity contribution in [1.29, 1.82) is 0 Å². The van der Waals surface area contributed by atoms with Crippen LogP contribution in [-0.4, -0.2) is 41.7 Å². The van der Waals surface area contributed by atoms with Crippen molar-refractivity contribution in [2.24, 2.45) is 0 Å². The number of amides is 5. The highest BCUT2D eigenvalue weighted by atomic mass is 16.2. The first kappa shape index (κ1) is 21.6. The average Bonchev–Trinajstić information content (AvgIpc) is 3.36. The Hall–Kier alpha value is -4.20. The second kappa shape index (κ2) is 8.30. The van der Waals surface area contributed by atoms with Crippen LogP contribution < -0.4 is 15.5 Å². The van der Waals surface area contributed by atoms with Gasteiger partial charge in [0.05, 0.1) is 0 Å². The van der Waals surface area contributed by atoms with Gasteiger partial charge in [0.25, 0.3) is 5.91 Å². The van der Waals surface area contributed by atoms with Crippen molar-refractivity contribution < 1.29 is 19.2 Å². The van der Waals surface area contributed by atoms with Crippen molar-refractivity contribution in [3.8, 4) is 0 Å². The fourth-order valence-electron chi connectivity index (χ4n) is 4.53. The van der Waals surface area contributed by atoms with E-state index < -0.39 is 29.9 Å². The molecule has 0 aliphatic carbocycles. The summed E-state index contributed by atoms with van der Waals surface area (Å²) in [4.78, 5) is 53.0. The summed E-state index contributed by atoms with van der Waals surface area (Å²) in [7, 11) is 0. The van der Waals surface area contributed by atoms with Crippen LogP contribution in [0.1, 0.15) is 25.3 Å². The maximum absolute atomic E-state index is 13.2. The lowest BCUT2D eigenvalue weighted by Crippen LogP contribution is -2.42. The number of urea groups is 1. The Morgan fingerprint density at radius 1 is 1.00 bits per heavy atom. The van der Waals surface area contributed by atoms with Crippen LogP contribution in [0.4, 0.5) is 16.2 Å². The third-order valence-electron chi connectivity index (χ3n) is 6.44. The van der Waals surface area contributed by atoms with Crippen molar-refractivity contribution >= 4 is 45.9 Å². The van der Waals surface area contributed by atoms with Gasteiger partial charge in [-0.1, -0.05) is 36.4 Å². The van der Waals surface area contributed by atoms with Gasteiger partial charge in [0.15, 0.2) is 0 Å². The van der Waals surface area contributed by atoms with Crippen molar-refractivity contribution in [1.82, 2.24) is 10.2 Å². The fourth-order valence-corrected chi connectivity index (χ4v) is 4.53. The number of fused-ring (bicyclic) bond motifs is 1. The van der Waals surface area contributed by atoms with E-state index in [4.69, 9.17) is 0 Å². The number of carbonyl (C=O) groups excluding carboxylic acids is 4. The van der Waals surface area contributed by atoms with E-state index in [-0.39, 0.29) is 5.91 Å². The van der Waals surface area contributed by atoms with Crippen LogP contribution in [0.3, 0.4) is 0 Å². The summed E-state index contributed by atoms with van der Waals surface area (Å²) in [6.07, 6.45) is 1.38. The van der Waals surface area contributed by atoms with Gasteiger partial charge in [-0.25, -0.2) is 4.79 Å². The predicted molar refractivity (Wildman–Crippen MR) is 128 cm³/mol. The molecule has 2 aliphatic rings. The quantitative estimate of drug-likeness (QED) is 0.575. The standard InChI is InChI=1S/C26H24N4O4/c1-26(19-9-8-17-5-2-3-6-18(17)15-19)24(33)30(25(34)28-26)16-22(31)27-20-10-12-21(13-11-20)29-14-4-7-23(29)32/h2-3,5-6,8-13,15H,4,7,14,16H2,1H3,(H,27,31)(H,28,34). The Morgan fingerprint density at radius 3 is 2.44 bits per heavy atom. The lowest BCUT2D eigenvalue weighted by Gasteiger charge is -2.22. The molecular weight excluding hydrogens is 432 g/mol. The first-order valence-electron chi connectivity index (χ1n) is 11.2. The molecule has 2 N–H and O–H groups in total. The highest BCUT2D eigenvalue weighted by Gasteiger charge is 2.49. The van der Waals surface area contributed by atoms with Crippen LogP contribution in [0.2, 0.25) is 0 Å². The molecule has 5 amide bonds. The molecule has 2 saturated heterocycles. The second-order valence-corrected chi connectivity index (χ2v) is 8.75. The molecule has 2 heterocycles. The van der Waals surface area contributed by atoms with Crippen LogP contribution in [-0.2, 0) is 19.9 Å². The Bertz CT molecular complexity index is 1320. The van der Waals surface area contributed by atoms with E-state index in [2.05, 4.69) is 10.6 Å². The van der Waals surface area contributed by atoms with Gasteiger partial charge >= 0.3 is 6.03 Å². The zero-order valence-electron chi connectivity index (χ0n) is 18.7. The van der Waals surface area contributed by atoms with Gasteiger partial charge in [0, 0.05) is 24.3 Å². The number of anilines is 2. The number of hydrogen-bond donors (Lipinski definition) is 2. The highest BCUT2D eigenvalue weighted by molar-refractivity contribution is 6.10. The smallest absolute Gasteiger partial charge is 0.325 e. The third-order valence-corrected chi connectivity index (χ3v) is 6.44. The van der Waals surface area contributed by atoms with Crippen LogP contribution in [0.15, 0.2) is 66.7 Å². The molecule has 34 heavy (non-hydrogen) atoms. The SMILES string of the molecule is CC1(c2ccc3ccccc3c2)NC(=O)N(CC(=O)Nc2ccc(N3CCCC3=O)cc2)C1=O. The van der Waals surface area contributed by atoms with Crippen LogP contribution in [0.25, 0.3) is 10.8 Å². The molecule has 8 nitrogen and oxygen atoms in total. The summed E-state index contributed by atoms with van der Waals surface area (Å²) < 4.78 is 0. The van der Waals surface area contributed by atoms with E-state index in [9.17, 15) is 19.2 Å². The number of nitrogens with zero attached hydrogens (tertiary/aromatic N) is 2. The Kier molecular flexibility index (Phi) is 5.28. The number of carbonyl (C=O) groups is 4. The minimum absolute atomic E-state index is 0.0878. The monoisotopic (exact) mass is 456 g/mol. The van der Waals surface area contributed by atoms with E-state index in [1.54, 1.807) is 36.1 Å². The molecule has 0 saturated carbocycles. The van der Waals surface area contributed by atoms with Gasteiger partial charge in [0.1, 0.15) is 12.1 Å². The molecule has 3 aromatic rings. The molecule has 0 radical (unpaired) electrons. The summed E-state index contributed by atoms with van der Waals surface area (Å²) in [5, 5.41) is 7.44. The molecular formula is C26H24N4O4. The van der Waals surface area contributed by atoms with Gasteiger partial charge in [-0.2, -0.15) is 0 Å². The Labute approximate surface area is 196 Å². The maximum atomic E-state index is 13.2. The van der Waals surface area contributed by atoms with Gasteiger partial charge in [-0.15, -0.1) is 0 Å². The Morgan fingerprint density at radius 2 is 1.74 bits per heavy atom. The molecule has 3 aromatic carbocycles. The minimum atomic E-state index is -1.26. The summed E-state index contributed by atoms with van der Waals surface area (Å²) in [6.45, 7) is 1.93. The zero-order valence-corrected chi connectivity index (χ0v) is 18.7. The van der Waals surface area contributed by atoms with Gasteiger partial charge in [-0.05, 0) is 60.0 Å². The number of nitrogens with one attached hydrogen (secondary N) is 2. The largest absolute Gasteiger partial charge is 0.325 e. The van der Waals surface area contributed by atoms with Gasteiger partial charge in [0.2, 0.25) is 11.8 Å². The Balaban J connectivity index is 1.27. The third kappa shape index (κ3) is 3.77. The minimum Gasteiger partial charge on any atom is -0.325 e.